The summed E-state index contributed by atoms with van der Waals surface area (Å²) in [6.07, 6.45) is 1.62. The topological polar surface area (TPSA) is 77.7 Å². The molecule has 0 bridgehead atoms. The number of pyridine rings is 1. The third-order valence-corrected chi connectivity index (χ3v) is 4.30. The molecule has 3 heterocycles. The number of ketones is 1. The number of carbonyl (C=O) groups excluding carboxylic acids is 2. The quantitative estimate of drug-likeness (QED) is 0.542. The second kappa shape index (κ2) is 6.13. The summed E-state index contributed by atoms with van der Waals surface area (Å²) >= 11 is 1.08. The summed E-state index contributed by atoms with van der Waals surface area (Å²) < 4.78 is 6.57. The van der Waals surface area contributed by atoms with Gasteiger partial charge in [0.2, 0.25) is 0 Å². The van der Waals surface area contributed by atoms with E-state index in [1.54, 1.807) is 36.5 Å². The summed E-state index contributed by atoms with van der Waals surface area (Å²) in [5.74, 6) is -0.643. The molecule has 23 heavy (non-hydrogen) atoms. The van der Waals surface area contributed by atoms with Crippen LogP contribution in [0.3, 0.4) is 0 Å². The van der Waals surface area contributed by atoms with E-state index in [9.17, 15) is 14.4 Å². The van der Waals surface area contributed by atoms with Crippen molar-refractivity contribution >= 4 is 28.7 Å². The predicted molar refractivity (Wildman–Crippen MR) is 84.9 cm³/mol. The summed E-state index contributed by atoms with van der Waals surface area (Å²) in [4.78, 5) is 40.3. The number of esters is 1. The standard InChI is InChI=1S/C16H12N2O4S/c1-10(19)12-5-6-13(23-12)16(21)22-9-11-8-15(20)18-7-3-2-4-14(18)17-11/h2-8H,9H2,1H3. The van der Waals surface area contributed by atoms with Crippen LogP contribution < -0.4 is 5.56 Å². The first-order chi connectivity index (χ1) is 11.0. The van der Waals surface area contributed by atoms with Gasteiger partial charge in [0, 0.05) is 12.3 Å². The molecule has 0 aliphatic rings. The Balaban J connectivity index is 1.76. The molecule has 3 rings (SSSR count). The van der Waals surface area contributed by atoms with Crippen molar-refractivity contribution in [2.45, 2.75) is 13.5 Å². The van der Waals surface area contributed by atoms with Crippen LogP contribution in [-0.2, 0) is 11.3 Å². The number of thiophene rings is 1. The molecular weight excluding hydrogens is 316 g/mol. The molecule has 0 unspecified atom stereocenters. The van der Waals surface area contributed by atoms with Crippen molar-refractivity contribution in [2.75, 3.05) is 0 Å². The Morgan fingerprint density at radius 2 is 2.00 bits per heavy atom. The zero-order chi connectivity index (χ0) is 16.4. The van der Waals surface area contributed by atoms with Gasteiger partial charge in [0.05, 0.1) is 10.6 Å². The van der Waals surface area contributed by atoms with Gasteiger partial charge in [-0.05, 0) is 31.2 Å². The maximum atomic E-state index is 12.0. The van der Waals surface area contributed by atoms with Gasteiger partial charge in [-0.3, -0.25) is 14.0 Å². The molecule has 0 fully saturated rings. The fourth-order valence-electron chi connectivity index (χ4n) is 2.02. The van der Waals surface area contributed by atoms with Gasteiger partial charge in [-0.25, -0.2) is 9.78 Å². The lowest BCUT2D eigenvalue weighted by molar-refractivity contribution is 0.0473. The smallest absolute Gasteiger partial charge is 0.348 e. The third kappa shape index (κ3) is 3.19. The Morgan fingerprint density at radius 1 is 1.22 bits per heavy atom. The number of ether oxygens (including phenoxy) is 1. The lowest BCUT2D eigenvalue weighted by Gasteiger charge is -2.04. The highest BCUT2D eigenvalue weighted by atomic mass is 32.1. The van der Waals surface area contributed by atoms with Gasteiger partial charge in [0.1, 0.15) is 17.1 Å². The Kier molecular flexibility index (Phi) is 4.03. The number of aromatic nitrogens is 2. The highest BCUT2D eigenvalue weighted by molar-refractivity contribution is 7.15. The van der Waals surface area contributed by atoms with Gasteiger partial charge in [-0.1, -0.05) is 6.07 Å². The summed E-state index contributed by atoms with van der Waals surface area (Å²) in [6.45, 7) is 1.33. The van der Waals surface area contributed by atoms with E-state index in [-0.39, 0.29) is 17.9 Å². The van der Waals surface area contributed by atoms with Crippen molar-refractivity contribution in [2.24, 2.45) is 0 Å². The van der Waals surface area contributed by atoms with Crippen molar-refractivity contribution in [3.05, 3.63) is 68.4 Å². The highest BCUT2D eigenvalue weighted by Crippen LogP contribution is 2.18. The first kappa shape index (κ1) is 15.1. The molecule has 0 radical (unpaired) electrons. The van der Waals surface area contributed by atoms with Crippen LogP contribution >= 0.6 is 11.3 Å². The van der Waals surface area contributed by atoms with Gasteiger partial charge in [0.15, 0.2) is 5.78 Å². The molecule has 0 spiro atoms. The van der Waals surface area contributed by atoms with Crippen molar-refractivity contribution in [1.82, 2.24) is 9.38 Å². The maximum Gasteiger partial charge on any atom is 0.348 e. The molecule has 0 aliphatic heterocycles. The summed E-state index contributed by atoms with van der Waals surface area (Å²) in [6, 6.07) is 9.67. The Labute approximate surface area is 135 Å². The van der Waals surface area contributed by atoms with Gasteiger partial charge in [-0.15, -0.1) is 11.3 Å². The van der Waals surface area contributed by atoms with E-state index < -0.39 is 5.97 Å². The van der Waals surface area contributed by atoms with Crippen LogP contribution in [0.1, 0.15) is 32.0 Å². The number of fused-ring (bicyclic) bond motifs is 1. The average Bonchev–Trinajstić information content (AvgIpc) is 3.03. The second-order valence-electron chi connectivity index (χ2n) is 4.81. The molecule has 3 aromatic heterocycles. The van der Waals surface area contributed by atoms with E-state index in [2.05, 4.69) is 4.98 Å². The summed E-state index contributed by atoms with van der Waals surface area (Å²) in [7, 11) is 0. The lowest BCUT2D eigenvalue weighted by Crippen LogP contribution is -2.16. The van der Waals surface area contributed by atoms with Crippen molar-refractivity contribution in [3.8, 4) is 0 Å². The van der Waals surface area contributed by atoms with Crippen LogP contribution in [0, 0.1) is 0 Å². The van der Waals surface area contributed by atoms with Crippen LogP contribution in [-0.4, -0.2) is 21.1 Å². The third-order valence-electron chi connectivity index (χ3n) is 3.13. The van der Waals surface area contributed by atoms with Gasteiger partial charge in [0.25, 0.3) is 5.56 Å². The largest absolute Gasteiger partial charge is 0.455 e. The summed E-state index contributed by atoms with van der Waals surface area (Å²) in [5.41, 5.74) is 0.621. The lowest BCUT2D eigenvalue weighted by atomic mass is 10.3. The molecule has 0 saturated carbocycles. The van der Waals surface area contributed by atoms with E-state index in [0.717, 1.165) is 11.3 Å². The molecular formula is C16H12N2O4S. The van der Waals surface area contributed by atoms with Crippen LogP contribution in [0.5, 0.6) is 0 Å². The van der Waals surface area contributed by atoms with Crippen LogP contribution in [0.4, 0.5) is 0 Å². The van der Waals surface area contributed by atoms with Gasteiger partial charge < -0.3 is 4.74 Å². The second-order valence-corrected chi connectivity index (χ2v) is 5.89. The van der Waals surface area contributed by atoms with Gasteiger partial charge in [-0.2, -0.15) is 0 Å². The fraction of sp³-hybridized carbons (Fsp3) is 0.125. The number of hydrogen-bond donors (Lipinski definition) is 0. The predicted octanol–water partition coefficient (Wildman–Crippen LogP) is 2.32. The molecule has 3 aromatic rings. The molecule has 7 heteroatoms. The molecule has 0 amide bonds. The maximum absolute atomic E-state index is 12.0. The first-order valence-corrected chi connectivity index (χ1v) is 7.61. The van der Waals surface area contributed by atoms with Crippen molar-refractivity contribution in [3.63, 3.8) is 0 Å². The monoisotopic (exact) mass is 328 g/mol. The Hall–Kier alpha value is -2.80. The average molecular weight is 328 g/mol. The van der Waals surface area contributed by atoms with Gasteiger partial charge >= 0.3 is 5.97 Å². The van der Waals surface area contributed by atoms with E-state index in [1.165, 1.54) is 17.4 Å². The first-order valence-electron chi connectivity index (χ1n) is 6.80. The molecule has 116 valence electrons. The number of carbonyl (C=O) groups is 2. The number of hydrogen-bond acceptors (Lipinski definition) is 6. The summed E-state index contributed by atoms with van der Waals surface area (Å²) in [5, 5.41) is 0. The zero-order valence-corrected chi connectivity index (χ0v) is 13.0. The van der Waals surface area contributed by atoms with Crippen LogP contribution in [0.25, 0.3) is 5.65 Å². The molecule has 0 N–H and O–H groups in total. The molecule has 0 saturated heterocycles. The minimum absolute atomic E-state index is 0.0988. The SMILES string of the molecule is CC(=O)c1ccc(C(=O)OCc2cc(=O)n3ccccc3n2)s1. The van der Waals surface area contributed by atoms with E-state index in [0.29, 0.717) is 21.1 Å². The zero-order valence-electron chi connectivity index (χ0n) is 12.2. The molecule has 0 aromatic carbocycles. The minimum Gasteiger partial charge on any atom is -0.455 e. The number of Topliss-reactive ketones (excluding diaryl/α,β-unsaturated/α-hetero) is 1. The molecule has 6 nitrogen and oxygen atoms in total. The Bertz CT molecular complexity index is 958. The number of nitrogens with zero attached hydrogens (tertiary/aromatic N) is 2. The van der Waals surface area contributed by atoms with Crippen molar-refractivity contribution in [1.29, 1.82) is 0 Å². The molecule has 0 aliphatic carbocycles. The fourth-order valence-corrected chi connectivity index (χ4v) is 2.82. The molecule has 0 atom stereocenters. The normalized spacial score (nSPS) is 10.7. The van der Waals surface area contributed by atoms with Crippen molar-refractivity contribution < 1.29 is 14.3 Å². The van der Waals surface area contributed by atoms with E-state index >= 15 is 0 Å². The Morgan fingerprint density at radius 3 is 2.74 bits per heavy atom. The minimum atomic E-state index is -0.544. The van der Waals surface area contributed by atoms with E-state index in [4.69, 9.17) is 4.74 Å². The van der Waals surface area contributed by atoms with E-state index in [1.807, 2.05) is 0 Å². The number of rotatable bonds is 4. The highest BCUT2D eigenvalue weighted by Gasteiger charge is 2.13. The van der Waals surface area contributed by atoms with Crippen LogP contribution in [0.2, 0.25) is 0 Å². The van der Waals surface area contributed by atoms with Crippen LogP contribution in [0.15, 0.2) is 47.4 Å².